The Bertz CT molecular complexity index is 433. The first-order chi connectivity index (χ1) is 6.18. The van der Waals surface area contributed by atoms with Crippen molar-refractivity contribution in [2.24, 2.45) is 0 Å². The van der Waals surface area contributed by atoms with E-state index in [1.165, 1.54) is 18.7 Å². The van der Waals surface area contributed by atoms with Crippen LogP contribution in [0.3, 0.4) is 0 Å². The minimum Gasteiger partial charge on any atom is -0.377 e. The van der Waals surface area contributed by atoms with Gasteiger partial charge in [-0.3, -0.25) is 0 Å². The van der Waals surface area contributed by atoms with E-state index in [9.17, 15) is 0 Å². The molecule has 0 bridgehead atoms. The third kappa shape index (κ3) is 1.67. The summed E-state index contributed by atoms with van der Waals surface area (Å²) in [6.45, 7) is 0. The lowest BCUT2D eigenvalue weighted by Gasteiger charge is -2.12. The molecule has 0 aliphatic heterocycles. The fraction of sp³-hybridized carbons (Fsp3) is 0.200. The summed E-state index contributed by atoms with van der Waals surface area (Å²) in [6.07, 6.45) is 0. The van der Waals surface area contributed by atoms with Crippen molar-refractivity contribution in [3.8, 4) is 0 Å². The van der Waals surface area contributed by atoms with Crippen molar-refractivity contribution in [2.75, 3.05) is 19.0 Å². The molecule has 1 heterocycles. The number of fused-ring (bicyclic) bond motifs is 1. The monoisotopic (exact) mass is 303 g/mol. The average molecular weight is 303 g/mol. The first-order valence-electron chi connectivity index (χ1n) is 4.04. The molecule has 0 unspecified atom stereocenters. The Balaban J connectivity index is 2.75. The van der Waals surface area contributed by atoms with Crippen LogP contribution in [0.2, 0.25) is 0 Å². The first-order valence-corrected chi connectivity index (χ1v) is 5.93. The van der Waals surface area contributed by atoms with Gasteiger partial charge in [-0.25, -0.2) is 0 Å². The van der Waals surface area contributed by atoms with E-state index in [0.717, 1.165) is 0 Å². The van der Waals surface area contributed by atoms with Crippen molar-refractivity contribution in [1.82, 2.24) is 0 Å². The molecule has 0 atom stereocenters. The molecule has 0 saturated carbocycles. The number of thiophene rings is 1. The molecule has 0 aliphatic carbocycles. The van der Waals surface area contributed by atoms with Crippen LogP contribution in [-0.2, 0) is 0 Å². The number of rotatable bonds is 1. The highest BCUT2D eigenvalue weighted by atomic mass is 127. The molecule has 0 saturated heterocycles. The molecule has 0 N–H and O–H groups in total. The smallest absolute Gasteiger partial charge is 0.0666 e. The van der Waals surface area contributed by atoms with Crippen LogP contribution < -0.4 is 4.90 Å². The van der Waals surface area contributed by atoms with Gasteiger partial charge in [-0.05, 0) is 40.8 Å². The highest BCUT2D eigenvalue weighted by molar-refractivity contribution is 14.1. The summed E-state index contributed by atoms with van der Waals surface area (Å²) in [5, 5.41) is 1.36. The maximum atomic E-state index is 2.37. The van der Waals surface area contributed by atoms with Crippen LogP contribution in [0.4, 0.5) is 5.69 Å². The van der Waals surface area contributed by atoms with E-state index in [4.69, 9.17) is 0 Å². The molecule has 13 heavy (non-hydrogen) atoms. The highest BCUT2D eigenvalue weighted by Crippen LogP contribution is 2.32. The molecular formula is C10H10INS. The zero-order chi connectivity index (χ0) is 9.42. The van der Waals surface area contributed by atoms with Crippen LogP contribution in [0.1, 0.15) is 0 Å². The molecule has 3 heteroatoms. The molecule has 2 aromatic rings. The first kappa shape index (κ1) is 9.27. The standard InChI is InChI=1S/C10H10INS/c1-12(2)8-4-3-5-9-7(8)6-10(11)13-9/h3-6H,1-2H3. The maximum absolute atomic E-state index is 2.37. The van der Waals surface area contributed by atoms with Crippen molar-refractivity contribution in [3.05, 3.63) is 27.1 Å². The second-order valence-electron chi connectivity index (χ2n) is 3.13. The van der Waals surface area contributed by atoms with Crippen molar-refractivity contribution < 1.29 is 0 Å². The Kier molecular flexibility index (Phi) is 2.47. The Hall–Kier alpha value is -0.290. The van der Waals surface area contributed by atoms with Crippen molar-refractivity contribution in [3.63, 3.8) is 0 Å². The summed E-state index contributed by atoms with van der Waals surface area (Å²) in [5.41, 5.74) is 1.30. The molecular weight excluding hydrogens is 293 g/mol. The van der Waals surface area contributed by atoms with Crippen molar-refractivity contribution in [2.45, 2.75) is 0 Å². The average Bonchev–Trinajstić information content (AvgIpc) is 2.43. The highest BCUT2D eigenvalue weighted by Gasteiger charge is 2.05. The second-order valence-corrected chi connectivity index (χ2v) is 6.11. The summed E-state index contributed by atoms with van der Waals surface area (Å²) in [7, 11) is 4.17. The molecule has 0 aliphatic rings. The van der Waals surface area contributed by atoms with Gasteiger partial charge in [0.2, 0.25) is 0 Å². The molecule has 0 radical (unpaired) electrons. The summed E-state index contributed by atoms with van der Waals surface area (Å²) in [6, 6.07) is 8.69. The van der Waals surface area contributed by atoms with Gasteiger partial charge in [0.1, 0.15) is 0 Å². The molecule has 1 nitrogen and oxygen atoms in total. The van der Waals surface area contributed by atoms with Gasteiger partial charge < -0.3 is 4.90 Å². The van der Waals surface area contributed by atoms with Crippen LogP contribution in [0, 0.1) is 2.88 Å². The van der Waals surface area contributed by atoms with E-state index in [1.54, 1.807) is 0 Å². The van der Waals surface area contributed by atoms with Gasteiger partial charge in [0.15, 0.2) is 0 Å². The Morgan fingerprint density at radius 3 is 2.77 bits per heavy atom. The third-order valence-electron chi connectivity index (χ3n) is 1.99. The molecule has 68 valence electrons. The third-order valence-corrected chi connectivity index (χ3v) is 3.85. The maximum Gasteiger partial charge on any atom is 0.0666 e. The quantitative estimate of drug-likeness (QED) is 0.728. The molecule has 0 spiro atoms. The fourth-order valence-corrected chi connectivity index (χ4v) is 3.23. The van der Waals surface area contributed by atoms with Crippen LogP contribution in [0.15, 0.2) is 24.3 Å². The summed E-state index contributed by atoms with van der Waals surface area (Å²) >= 11 is 4.22. The fourth-order valence-electron chi connectivity index (χ4n) is 1.40. The normalized spacial score (nSPS) is 10.7. The minimum absolute atomic E-state index is 1.30. The van der Waals surface area contributed by atoms with E-state index in [0.29, 0.717) is 0 Å². The molecule has 2 rings (SSSR count). The number of nitrogens with zero attached hydrogens (tertiary/aromatic N) is 1. The van der Waals surface area contributed by atoms with Gasteiger partial charge in [-0.2, -0.15) is 0 Å². The lowest BCUT2D eigenvalue weighted by atomic mass is 10.2. The molecule has 0 fully saturated rings. The number of halogens is 1. The van der Waals surface area contributed by atoms with Crippen LogP contribution >= 0.6 is 33.9 Å². The van der Waals surface area contributed by atoms with Gasteiger partial charge >= 0.3 is 0 Å². The number of hydrogen-bond acceptors (Lipinski definition) is 2. The van der Waals surface area contributed by atoms with E-state index in [-0.39, 0.29) is 0 Å². The van der Waals surface area contributed by atoms with Crippen LogP contribution in [0.25, 0.3) is 10.1 Å². The van der Waals surface area contributed by atoms with Gasteiger partial charge in [0.25, 0.3) is 0 Å². The Labute approximate surface area is 95.5 Å². The predicted octanol–water partition coefficient (Wildman–Crippen LogP) is 3.57. The van der Waals surface area contributed by atoms with Crippen LogP contribution in [-0.4, -0.2) is 14.1 Å². The van der Waals surface area contributed by atoms with Gasteiger partial charge in [0.05, 0.1) is 2.88 Å². The number of hydrogen-bond donors (Lipinski definition) is 0. The SMILES string of the molecule is CN(C)c1cccc2sc(I)cc12. The zero-order valence-electron chi connectivity index (χ0n) is 7.54. The minimum atomic E-state index is 1.30. The second kappa shape index (κ2) is 3.46. The van der Waals surface area contributed by atoms with E-state index in [1.807, 2.05) is 11.3 Å². The van der Waals surface area contributed by atoms with Crippen molar-refractivity contribution in [1.29, 1.82) is 0 Å². The van der Waals surface area contributed by atoms with Gasteiger partial charge in [-0.1, -0.05) is 6.07 Å². The number of anilines is 1. The summed E-state index contributed by atoms with van der Waals surface area (Å²) in [5.74, 6) is 0. The van der Waals surface area contributed by atoms with Crippen LogP contribution in [0.5, 0.6) is 0 Å². The van der Waals surface area contributed by atoms with Gasteiger partial charge in [-0.15, -0.1) is 11.3 Å². The molecule has 1 aromatic heterocycles. The zero-order valence-corrected chi connectivity index (χ0v) is 10.5. The summed E-state index contributed by atoms with van der Waals surface area (Å²) < 4.78 is 2.72. The Morgan fingerprint density at radius 2 is 2.08 bits per heavy atom. The predicted molar refractivity (Wildman–Crippen MR) is 68.9 cm³/mol. The lowest BCUT2D eigenvalue weighted by molar-refractivity contribution is 1.14. The van der Waals surface area contributed by atoms with E-state index in [2.05, 4.69) is 65.9 Å². The Morgan fingerprint density at radius 1 is 1.31 bits per heavy atom. The number of benzene rings is 1. The lowest BCUT2D eigenvalue weighted by Crippen LogP contribution is -2.08. The van der Waals surface area contributed by atoms with E-state index >= 15 is 0 Å². The van der Waals surface area contributed by atoms with Gasteiger partial charge in [0, 0.05) is 29.9 Å². The topological polar surface area (TPSA) is 3.24 Å². The summed E-state index contributed by atoms with van der Waals surface area (Å²) in [4.78, 5) is 2.16. The molecule has 0 amide bonds. The van der Waals surface area contributed by atoms with Crippen molar-refractivity contribution >= 4 is 49.7 Å². The molecule has 1 aromatic carbocycles. The van der Waals surface area contributed by atoms with E-state index < -0.39 is 0 Å². The largest absolute Gasteiger partial charge is 0.377 e.